The zero-order valence-electron chi connectivity index (χ0n) is 19.6. The van der Waals surface area contributed by atoms with Gasteiger partial charge in [-0.2, -0.15) is 18.4 Å². The number of hydrogen-bond acceptors (Lipinski definition) is 5. The van der Waals surface area contributed by atoms with Gasteiger partial charge in [0.05, 0.1) is 48.1 Å². The molecule has 1 spiro atoms. The van der Waals surface area contributed by atoms with E-state index in [4.69, 9.17) is 14.7 Å². The van der Waals surface area contributed by atoms with Crippen molar-refractivity contribution in [3.8, 4) is 6.07 Å². The van der Waals surface area contributed by atoms with Crippen LogP contribution in [0, 0.1) is 17.1 Å². The zero-order valence-corrected chi connectivity index (χ0v) is 19.6. The number of anilines is 2. The maximum atomic E-state index is 14.9. The number of hydrogen-bond donors (Lipinski definition) is 1. The van der Waals surface area contributed by atoms with Crippen LogP contribution in [0.5, 0.6) is 0 Å². The number of alkyl halides is 3. The van der Waals surface area contributed by atoms with Crippen molar-refractivity contribution in [3.05, 3.63) is 58.9 Å². The first-order valence-corrected chi connectivity index (χ1v) is 11.6. The molecule has 3 amide bonds. The van der Waals surface area contributed by atoms with E-state index in [-0.39, 0.29) is 23.4 Å². The summed E-state index contributed by atoms with van der Waals surface area (Å²) in [6, 6.07) is 6.55. The van der Waals surface area contributed by atoms with Gasteiger partial charge in [-0.3, -0.25) is 14.6 Å². The molecule has 0 unspecified atom stereocenters. The number of urea groups is 1. The molecule has 0 aromatic heterocycles. The monoisotopic (exact) mass is 518 g/mol. The van der Waals surface area contributed by atoms with Crippen LogP contribution in [0.3, 0.4) is 0 Å². The molecule has 2 aromatic carbocycles. The number of ether oxygens (including phenoxy) is 2. The zero-order chi connectivity index (χ0) is 26.5. The lowest BCUT2D eigenvalue weighted by Crippen LogP contribution is -2.50. The first kappa shape index (κ1) is 25.0. The molecular weight excluding hydrogens is 496 g/mol. The van der Waals surface area contributed by atoms with Crippen LogP contribution >= 0.6 is 0 Å². The van der Waals surface area contributed by atoms with Crippen molar-refractivity contribution in [2.45, 2.75) is 43.3 Å². The lowest BCUT2D eigenvalue weighted by atomic mass is 9.85. The number of rotatable bonds is 3. The van der Waals surface area contributed by atoms with Gasteiger partial charge in [0.15, 0.2) is 5.79 Å². The summed E-state index contributed by atoms with van der Waals surface area (Å²) in [6.45, 7) is 0.740. The van der Waals surface area contributed by atoms with Gasteiger partial charge in [0.25, 0.3) is 5.91 Å². The minimum Gasteiger partial charge on any atom is -0.355 e. The second-order valence-electron chi connectivity index (χ2n) is 9.09. The third-order valence-corrected chi connectivity index (χ3v) is 7.08. The van der Waals surface area contributed by atoms with E-state index in [0.717, 1.165) is 18.2 Å². The number of benzene rings is 2. The highest BCUT2D eigenvalue weighted by Crippen LogP contribution is 2.46. The van der Waals surface area contributed by atoms with Crippen molar-refractivity contribution in [1.82, 2.24) is 5.32 Å². The Morgan fingerprint density at radius 3 is 2.38 bits per heavy atom. The Morgan fingerprint density at radius 2 is 1.76 bits per heavy atom. The summed E-state index contributed by atoms with van der Waals surface area (Å²) in [4.78, 5) is 28.3. The minimum absolute atomic E-state index is 0.0273. The van der Waals surface area contributed by atoms with Gasteiger partial charge >= 0.3 is 12.2 Å². The predicted octanol–water partition coefficient (Wildman–Crippen LogP) is 4.19. The van der Waals surface area contributed by atoms with E-state index in [0.29, 0.717) is 26.1 Å². The van der Waals surface area contributed by atoms with Crippen molar-refractivity contribution < 1.29 is 36.6 Å². The van der Waals surface area contributed by atoms with E-state index < -0.39 is 52.9 Å². The molecule has 1 N–H and O–H groups in total. The van der Waals surface area contributed by atoms with Gasteiger partial charge in [-0.1, -0.05) is 0 Å². The SMILES string of the molecule is CNC(=O)c1ccc(N2C(=O)N(c3ccc(C#N)c(C(F)(F)F)c3)[C@H]3CCC4(C[C@H]32)OCCO4)cc1F. The molecular formula is C25H22F4N4O4. The third kappa shape index (κ3) is 4.18. The van der Waals surface area contributed by atoms with Gasteiger partial charge in [0, 0.05) is 31.3 Å². The Kier molecular flexibility index (Phi) is 6.08. The van der Waals surface area contributed by atoms with Gasteiger partial charge in [-0.05, 0) is 42.8 Å². The maximum absolute atomic E-state index is 14.9. The Balaban J connectivity index is 1.59. The molecule has 2 saturated heterocycles. The number of amides is 3. The number of fused-ring (bicyclic) bond motifs is 1. The molecule has 2 aromatic rings. The molecule has 37 heavy (non-hydrogen) atoms. The highest BCUT2D eigenvalue weighted by Gasteiger charge is 2.56. The topological polar surface area (TPSA) is 94.9 Å². The Bertz CT molecular complexity index is 1300. The van der Waals surface area contributed by atoms with Gasteiger partial charge in [-0.15, -0.1) is 0 Å². The molecule has 2 heterocycles. The summed E-state index contributed by atoms with van der Waals surface area (Å²) in [7, 11) is 1.36. The molecule has 12 heteroatoms. The molecule has 5 rings (SSSR count). The maximum Gasteiger partial charge on any atom is 0.417 e. The fourth-order valence-corrected chi connectivity index (χ4v) is 5.43. The van der Waals surface area contributed by atoms with Crippen molar-refractivity contribution >= 4 is 23.3 Å². The Labute approximate surface area is 209 Å². The number of carbonyl (C=O) groups excluding carboxylic acids is 2. The van der Waals surface area contributed by atoms with Crippen LogP contribution in [0.1, 0.15) is 40.7 Å². The average molecular weight is 518 g/mol. The normalized spacial score (nSPS) is 22.8. The first-order chi connectivity index (χ1) is 17.6. The standard InChI is InChI=1S/C25H22F4N4O4/c1-31-22(34)17-5-4-16(11-19(17)26)33-21-12-24(36-8-9-37-24)7-6-20(21)32(23(33)35)15-3-2-14(13-30)18(10-15)25(27,28)29/h2-5,10-11,20-21H,6-9,12H2,1H3,(H,31,34)/t20-,21+/m0/s1. The molecule has 0 bridgehead atoms. The summed E-state index contributed by atoms with van der Waals surface area (Å²) >= 11 is 0. The van der Waals surface area contributed by atoms with Crippen LogP contribution < -0.4 is 15.1 Å². The van der Waals surface area contributed by atoms with E-state index in [2.05, 4.69) is 5.32 Å². The Morgan fingerprint density at radius 1 is 1.11 bits per heavy atom. The molecule has 0 radical (unpaired) electrons. The second-order valence-corrected chi connectivity index (χ2v) is 9.09. The number of nitriles is 1. The van der Waals surface area contributed by atoms with Crippen molar-refractivity contribution in [3.63, 3.8) is 0 Å². The molecule has 2 aliphatic heterocycles. The predicted molar refractivity (Wildman–Crippen MR) is 122 cm³/mol. The molecule has 3 fully saturated rings. The van der Waals surface area contributed by atoms with E-state index in [9.17, 15) is 27.2 Å². The molecule has 1 aliphatic carbocycles. The van der Waals surface area contributed by atoms with Crippen molar-refractivity contribution in [2.24, 2.45) is 0 Å². The number of nitrogens with zero attached hydrogens (tertiary/aromatic N) is 3. The van der Waals surface area contributed by atoms with E-state index in [1.165, 1.54) is 41.1 Å². The van der Waals surface area contributed by atoms with Gasteiger partial charge in [0.1, 0.15) is 5.82 Å². The lowest BCUT2D eigenvalue weighted by Gasteiger charge is -2.41. The number of nitrogens with one attached hydrogen (secondary N) is 1. The van der Waals surface area contributed by atoms with Gasteiger partial charge < -0.3 is 14.8 Å². The van der Waals surface area contributed by atoms with Crippen LogP contribution in [0.4, 0.5) is 33.7 Å². The fourth-order valence-electron chi connectivity index (χ4n) is 5.43. The molecule has 8 nitrogen and oxygen atoms in total. The minimum atomic E-state index is -4.80. The van der Waals surface area contributed by atoms with Gasteiger partial charge in [-0.25, -0.2) is 9.18 Å². The molecule has 3 aliphatic rings. The van der Waals surface area contributed by atoms with E-state index in [1.807, 2.05) is 0 Å². The summed E-state index contributed by atoms with van der Waals surface area (Å²) in [5, 5.41) is 11.5. The summed E-state index contributed by atoms with van der Waals surface area (Å²) in [5.74, 6) is -2.44. The smallest absolute Gasteiger partial charge is 0.355 e. The number of carbonyl (C=O) groups is 2. The quantitative estimate of drug-likeness (QED) is 0.615. The summed E-state index contributed by atoms with van der Waals surface area (Å²) < 4.78 is 67.6. The third-order valence-electron chi connectivity index (χ3n) is 7.08. The van der Waals surface area contributed by atoms with Crippen molar-refractivity contribution in [1.29, 1.82) is 5.26 Å². The molecule has 194 valence electrons. The van der Waals surface area contributed by atoms with Crippen LogP contribution in [-0.4, -0.2) is 50.1 Å². The van der Waals surface area contributed by atoms with Crippen LogP contribution in [-0.2, 0) is 15.7 Å². The Hall–Kier alpha value is -3.69. The van der Waals surface area contributed by atoms with Crippen LogP contribution in [0.25, 0.3) is 0 Å². The highest BCUT2D eigenvalue weighted by atomic mass is 19.4. The summed E-state index contributed by atoms with van der Waals surface area (Å²) in [6.07, 6.45) is -3.81. The first-order valence-electron chi connectivity index (χ1n) is 11.6. The lowest BCUT2D eigenvalue weighted by molar-refractivity contribution is -0.180. The molecule has 2 atom stereocenters. The van der Waals surface area contributed by atoms with Crippen LogP contribution in [0.2, 0.25) is 0 Å². The van der Waals surface area contributed by atoms with Gasteiger partial charge in [0.2, 0.25) is 0 Å². The summed E-state index contributed by atoms with van der Waals surface area (Å²) in [5.41, 5.74) is -1.80. The fraction of sp³-hybridized carbons (Fsp3) is 0.400. The molecule has 1 saturated carbocycles. The largest absolute Gasteiger partial charge is 0.417 e. The number of halogens is 4. The van der Waals surface area contributed by atoms with Crippen LogP contribution in [0.15, 0.2) is 36.4 Å². The second kappa shape index (κ2) is 9.00. The van der Waals surface area contributed by atoms with E-state index >= 15 is 0 Å². The van der Waals surface area contributed by atoms with Crippen molar-refractivity contribution in [2.75, 3.05) is 30.1 Å². The van der Waals surface area contributed by atoms with E-state index in [1.54, 1.807) is 0 Å². The average Bonchev–Trinajstić information content (AvgIpc) is 3.43. The highest BCUT2D eigenvalue weighted by molar-refractivity contribution is 6.08.